The van der Waals surface area contributed by atoms with Crippen LogP contribution in [-0.2, 0) is 16.4 Å². The first-order chi connectivity index (χ1) is 12.0. The average Bonchev–Trinajstić information content (AvgIpc) is 2.65. The highest BCUT2D eigenvalue weighted by molar-refractivity contribution is 7.89. The van der Waals surface area contributed by atoms with Crippen LogP contribution in [0.2, 0.25) is 0 Å². The second kappa shape index (κ2) is 7.37. The molecule has 1 amide bonds. The van der Waals surface area contributed by atoms with Crippen molar-refractivity contribution >= 4 is 21.6 Å². The van der Waals surface area contributed by atoms with Crippen LogP contribution in [0, 0.1) is 0 Å². The Bertz CT molecular complexity index is 860. The van der Waals surface area contributed by atoms with Crippen LogP contribution in [0.3, 0.4) is 0 Å². The molecule has 0 unspecified atom stereocenters. The van der Waals surface area contributed by atoms with Gasteiger partial charge in [0.15, 0.2) is 0 Å². The number of carbonyl (C=O) groups excluding carboxylic acids is 1. The zero-order valence-corrected chi connectivity index (χ0v) is 15.1. The van der Waals surface area contributed by atoms with Gasteiger partial charge in [-0.15, -0.1) is 0 Å². The monoisotopic (exact) mass is 358 g/mol. The van der Waals surface area contributed by atoms with Crippen LogP contribution in [0.5, 0.6) is 0 Å². The first-order valence-corrected chi connectivity index (χ1v) is 10.0. The quantitative estimate of drug-likeness (QED) is 0.893. The molecule has 0 aromatic heterocycles. The van der Waals surface area contributed by atoms with E-state index in [0.29, 0.717) is 18.7 Å². The zero-order chi connectivity index (χ0) is 17.9. The predicted octanol–water partition coefficient (Wildman–Crippen LogP) is 2.97. The Hall–Kier alpha value is -2.18. The molecule has 0 fully saturated rings. The van der Waals surface area contributed by atoms with Crippen molar-refractivity contribution in [3.05, 3.63) is 59.7 Å². The van der Waals surface area contributed by atoms with E-state index >= 15 is 0 Å². The van der Waals surface area contributed by atoms with E-state index in [-0.39, 0.29) is 10.8 Å². The second-order valence-corrected chi connectivity index (χ2v) is 7.88. The smallest absolute Gasteiger partial charge is 0.258 e. The number of nitrogens with one attached hydrogen (secondary N) is 1. The van der Waals surface area contributed by atoms with Gasteiger partial charge >= 0.3 is 0 Å². The van der Waals surface area contributed by atoms with Crippen molar-refractivity contribution in [2.45, 2.75) is 31.1 Å². The van der Waals surface area contributed by atoms with Crippen LogP contribution in [-0.4, -0.2) is 27.4 Å². The van der Waals surface area contributed by atoms with Crippen LogP contribution >= 0.6 is 0 Å². The lowest BCUT2D eigenvalue weighted by molar-refractivity contribution is 0.0985. The summed E-state index contributed by atoms with van der Waals surface area (Å²) >= 11 is 0. The fourth-order valence-electron chi connectivity index (χ4n) is 3.00. The maximum atomic E-state index is 12.9. The van der Waals surface area contributed by atoms with E-state index in [9.17, 15) is 13.2 Å². The molecule has 1 aliphatic heterocycles. The van der Waals surface area contributed by atoms with Crippen LogP contribution in [0.1, 0.15) is 35.7 Å². The lowest BCUT2D eigenvalue weighted by Gasteiger charge is -2.29. The molecule has 1 heterocycles. The molecule has 0 saturated carbocycles. The molecule has 132 valence electrons. The number of anilines is 1. The number of aryl methyl sites for hydroxylation is 1. The maximum absolute atomic E-state index is 12.9. The molecule has 0 atom stereocenters. The van der Waals surface area contributed by atoms with Crippen molar-refractivity contribution in [3.63, 3.8) is 0 Å². The summed E-state index contributed by atoms with van der Waals surface area (Å²) in [6.45, 7) is 2.97. The molecule has 5 nitrogen and oxygen atoms in total. The molecule has 2 aromatic carbocycles. The summed E-state index contributed by atoms with van der Waals surface area (Å²) in [4.78, 5) is 14.8. The fraction of sp³-hybridized carbons (Fsp3) is 0.316. The molecule has 0 spiro atoms. The normalized spacial score (nSPS) is 14.2. The van der Waals surface area contributed by atoms with Crippen LogP contribution < -0.4 is 9.62 Å². The number of nitrogens with zero attached hydrogens (tertiary/aromatic N) is 1. The number of fused-ring (bicyclic) bond motifs is 1. The molecule has 1 N–H and O–H groups in total. The summed E-state index contributed by atoms with van der Waals surface area (Å²) in [6, 6.07) is 14.1. The molecule has 1 aliphatic rings. The topological polar surface area (TPSA) is 66.5 Å². The third-order valence-corrected chi connectivity index (χ3v) is 5.79. The van der Waals surface area contributed by atoms with Crippen LogP contribution in [0.25, 0.3) is 0 Å². The molecule has 25 heavy (non-hydrogen) atoms. The fourth-order valence-corrected chi connectivity index (χ4v) is 4.13. The summed E-state index contributed by atoms with van der Waals surface area (Å²) in [5.41, 5.74) is 2.61. The minimum atomic E-state index is -3.51. The Balaban J connectivity index is 1.83. The number of amides is 1. The minimum Gasteiger partial charge on any atom is -0.308 e. The summed E-state index contributed by atoms with van der Waals surface area (Å²) in [5, 5.41) is 0. The summed E-state index contributed by atoms with van der Waals surface area (Å²) in [5.74, 6) is -0.0994. The van der Waals surface area contributed by atoms with Gasteiger partial charge < -0.3 is 4.90 Å². The third kappa shape index (κ3) is 3.75. The van der Waals surface area contributed by atoms with E-state index in [1.54, 1.807) is 17.0 Å². The Morgan fingerprint density at radius 2 is 1.84 bits per heavy atom. The van der Waals surface area contributed by atoms with Gasteiger partial charge in [0.05, 0.1) is 4.90 Å². The van der Waals surface area contributed by atoms with Gasteiger partial charge in [-0.05, 0) is 55.2 Å². The molecule has 0 radical (unpaired) electrons. The number of para-hydroxylation sites is 1. The molecule has 0 aliphatic carbocycles. The van der Waals surface area contributed by atoms with Gasteiger partial charge in [0.1, 0.15) is 0 Å². The standard InChI is InChI=1S/C19H22N2O3S/c1-2-13-20-25(23,24)17-11-9-16(10-12-17)19(22)21-14-5-7-15-6-3-4-8-18(15)21/h3-4,6,8-12,20H,2,5,7,13-14H2,1H3. The van der Waals surface area contributed by atoms with Gasteiger partial charge in [-0.3, -0.25) is 4.79 Å². The van der Waals surface area contributed by atoms with Crippen molar-refractivity contribution in [2.75, 3.05) is 18.0 Å². The number of sulfonamides is 1. The lowest BCUT2D eigenvalue weighted by atomic mass is 10.0. The Labute approximate surface area is 148 Å². The highest BCUT2D eigenvalue weighted by Gasteiger charge is 2.23. The maximum Gasteiger partial charge on any atom is 0.258 e. The van der Waals surface area contributed by atoms with Gasteiger partial charge in [-0.25, -0.2) is 13.1 Å². The molecule has 6 heteroatoms. The van der Waals surface area contributed by atoms with Crippen LogP contribution in [0.15, 0.2) is 53.4 Å². The number of carbonyl (C=O) groups is 1. The number of benzene rings is 2. The molecular formula is C19H22N2O3S. The largest absolute Gasteiger partial charge is 0.308 e. The molecule has 0 saturated heterocycles. The Morgan fingerprint density at radius 1 is 1.12 bits per heavy atom. The second-order valence-electron chi connectivity index (χ2n) is 6.11. The molecule has 2 aromatic rings. The van der Waals surface area contributed by atoms with Crippen molar-refractivity contribution in [2.24, 2.45) is 0 Å². The highest BCUT2D eigenvalue weighted by Crippen LogP contribution is 2.28. The average molecular weight is 358 g/mol. The predicted molar refractivity (Wildman–Crippen MR) is 98.4 cm³/mol. The number of hydrogen-bond acceptors (Lipinski definition) is 3. The lowest BCUT2D eigenvalue weighted by Crippen LogP contribution is -2.35. The Morgan fingerprint density at radius 3 is 2.56 bits per heavy atom. The van der Waals surface area contributed by atoms with Gasteiger partial charge in [0.25, 0.3) is 5.91 Å². The molecule has 3 rings (SSSR count). The van der Waals surface area contributed by atoms with E-state index in [2.05, 4.69) is 4.72 Å². The van der Waals surface area contributed by atoms with E-state index in [4.69, 9.17) is 0 Å². The van der Waals surface area contributed by atoms with Gasteiger partial charge in [-0.2, -0.15) is 0 Å². The van der Waals surface area contributed by atoms with E-state index in [1.807, 2.05) is 31.2 Å². The van der Waals surface area contributed by atoms with E-state index in [0.717, 1.165) is 24.9 Å². The van der Waals surface area contributed by atoms with E-state index < -0.39 is 10.0 Å². The number of hydrogen-bond donors (Lipinski definition) is 1. The van der Waals surface area contributed by atoms with Crippen molar-refractivity contribution in [3.8, 4) is 0 Å². The van der Waals surface area contributed by atoms with Crippen molar-refractivity contribution < 1.29 is 13.2 Å². The summed E-state index contributed by atoms with van der Waals surface area (Å²) < 4.78 is 26.8. The number of rotatable bonds is 5. The zero-order valence-electron chi connectivity index (χ0n) is 14.2. The molecule has 0 bridgehead atoms. The van der Waals surface area contributed by atoms with E-state index in [1.165, 1.54) is 17.7 Å². The SMILES string of the molecule is CCCNS(=O)(=O)c1ccc(C(=O)N2CCCc3ccccc32)cc1. The van der Waals surface area contributed by atoms with Crippen LogP contribution in [0.4, 0.5) is 5.69 Å². The highest BCUT2D eigenvalue weighted by atomic mass is 32.2. The molecular weight excluding hydrogens is 336 g/mol. The van der Waals surface area contributed by atoms with Crippen molar-refractivity contribution in [1.82, 2.24) is 4.72 Å². The van der Waals surface area contributed by atoms with Crippen molar-refractivity contribution in [1.29, 1.82) is 0 Å². The minimum absolute atomic E-state index is 0.0994. The summed E-state index contributed by atoms with van der Waals surface area (Å²) in [6.07, 6.45) is 2.63. The Kier molecular flexibility index (Phi) is 5.20. The van der Waals surface area contributed by atoms with Gasteiger partial charge in [0.2, 0.25) is 10.0 Å². The third-order valence-electron chi connectivity index (χ3n) is 4.31. The first kappa shape index (κ1) is 17.6. The van der Waals surface area contributed by atoms with Gasteiger partial charge in [-0.1, -0.05) is 25.1 Å². The first-order valence-electron chi connectivity index (χ1n) is 8.52. The van der Waals surface area contributed by atoms with Gasteiger partial charge in [0, 0.05) is 24.3 Å². The summed E-state index contributed by atoms with van der Waals surface area (Å²) in [7, 11) is -3.51.